The molecule has 4 nitrogen and oxygen atoms in total. The van der Waals surface area contributed by atoms with Gasteiger partial charge in [0.05, 0.1) is 0 Å². The van der Waals surface area contributed by atoms with Crippen molar-refractivity contribution in [2.45, 2.75) is 43.9 Å². The van der Waals surface area contributed by atoms with Crippen molar-refractivity contribution in [3.63, 3.8) is 0 Å². The summed E-state index contributed by atoms with van der Waals surface area (Å²) in [5.41, 5.74) is 0. The van der Waals surface area contributed by atoms with Crippen LogP contribution in [0.5, 0.6) is 0 Å². The molecule has 0 bridgehead atoms. The van der Waals surface area contributed by atoms with E-state index in [9.17, 15) is 0 Å². The molecule has 1 heterocycles. The normalized spacial score (nSPS) is 28.1. The summed E-state index contributed by atoms with van der Waals surface area (Å²) in [5, 5.41) is 0.329. The first-order valence-corrected chi connectivity index (χ1v) is 10.9. The van der Waals surface area contributed by atoms with Gasteiger partial charge in [-0.25, -0.2) is 0 Å². The highest BCUT2D eigenvalue weighted by atomic mass is 28.4. The molecule has 1 saturated heterocycles. The first kappa shape index (κ1) is 15.3. The van der Waals surface area contributed by atoms with E-state index >= 15 is 0 Å². The second-order valence-corrected chi connectivity index (χ2v) is 12.6. The minimum absolute atomic E-state index is 0.329. The van der Waals surface area contributed by atoms with Crippen LogP contribution in [0.25, 0.3) is 0 Å². The third-order valence-corrected chi connectivity index (χ3v) is 13.9. The Balaban J connectivity index is 2.94. The Hall–Kier alpha value is 0.274. The van der Waals surface area contributed by atoms with Crippen LogP contribution < -0.4 is 0 Å². The molecule has 0 amide bonds. The Bertz CT molecular complexity index is 219. The summed E-state index contributed by atoms with van der Waals surface area (Å²) in [6.07, 6.45) is 3.45. The van der Waals surface area contributed by atoms with E-state index in [-0.39, 0.29) is 0 Å². The van der Waals surface area contributed by atoms with Crippen molar-refractivity contribution < 1.29 is 17.7 Å². The zero-order valence-corrected chi connectivity index (χ0v) is 13.7. The minimum Gasteiger partial charge on any atom is -0.417 e. The summed E-state index contributed by atoms with van der Waals surface area (Å²) in [5.74, 6) is 0. The molecule has 0 aliphatic carbocycles. The molecule has 6 heteroatoms. The molecule has 0 saturated carbocycles. The summed E-state index contributed by atoms with van der Waals surface area (Å²) in [7, 11) is 0.743. The number of rotatable bonds is 6. The fourth-order valence-electron chi connectivity index (χ4n) is 2.96. The molecule has 0 spiro atoms. The maximum atomic E-state index is 6.16. The van der Waals surface area contributed by atoms with Gasteiger partial charge < -0.3 is 17.7 Å². The van der Waals surface area contributed by atoms with Crippen LogP contribution in [0.4, 0.5) is 0 Å². The molecular formula is C11H26O4Si2. The quantitative estimate of drug-likeness (QED) is 0.700. The molecular weight excluding hydrogens is 252 g/mol. The molecule has 1 rings (SSSR count). The second-order valence-electron chi connectivity index (χ2n) is 4.79. The lowest BCUT2D eigenvalue weighted by molar-refractivity contribution is 0.113. The summed E-state index contributed by atoms with van der Waals surface area (Å²) < 4.78 is 23.1. The van der Waals surface area contributed by atoms with Gasteiger partial charge in [-0.05, 0) is 25.4 Å². The number of hydrogen-bond acceptors (Lipinski definition) is 4. The van der Waals surface area contributed by atoms with Gasteiger partial charge in [0.2, 0.25) is 0 Å². The third-order valence-electron chi connectivity index (χ3n) is 3.93. The summed E-state index contributed by atoms with van der Waals surface area (Å²) in [4.78, 5) is 0. The van der Waals surface area contributed by atoms with Gasteiger partial charge in [0, 0.05) is 33.1 Å². The Kier molecular flexibility index (Phi) is 5.81. The van der Waals surface area contributed by atoms with Crippen LogP contribution in [-0.4, -0.2) is 45.1 Å². The number of hydrogen-bond donors (Lipinski definition) is 0. The molecule has 0 aromatic heterocycles. The van der Waals surface area contributed by atoms with Gasteiger partial charge in [-0.2, -0.15) is 0 Å². The molecule has 17 heavy (non-hydrogen) atoms. The van der Waals surface area contributed by atoms with Gasteiger partial charge in [-0.1, -0.05) is 13.3 Å². The van der Waals surface area contributed by atoms with Gasteiger partial charge in [0.25, 0.3) is 0 Å². The topological polar surface area (TPSA) is 36.9 Å². The fourth-order valence-corrected chi connectivity index (χ4v) is 12.7. The van der Waals surface area contributed by atoms with Crippen LogP contribution in [0.3, 0.4) is 0 Å². The Labute approximate surface area is 107 Å². The predicted molar refractivity (Wildman–Crippen MR) is 72.4 cm³/mol. The maximum absolute atomic E-state index is 6.16. The average Bonchev–Trinajstić information content (AvgIpc) is 2.36. The summed E-state index contributed by atoms with van der Waals surface area (Å²) in [6.45, 7) is 5.37. The Morgan fingerprint density at radius 2 is 1.76 bits per heavy atom. The lowest BCUT2D eigenvalue weighted by atomic mass is 10.4. The summed E-state index contributed by atoms with van der Waals surface area (Å²) >= 11 is 0. The van der Waals surface area contributed by atoms with E-state index in [1.54, 1.807) is 21.3 Å². The van der Waals surface area contributed by atoms with Crippen molar-refractivity contribution >= 4 is 17.1 Å². The van der Waals surface area contributed by atoms with Crippen LogP contribution in [0.2, 0.25) is 17.8 Å². The van der Waals surface area contributed by atoms with Crippen molar-refractivity contribution in [2.24, 2.45) is 0 Å². The van der Waals surface area contributed by atoms with Gasteiger partial charge in [0.15, 0.2) is 8.32 Å². The largest absolute Gasteiger partial charge is 0.502 e. The average molecular weight is 278 g/mol. The lowest BCUT2D eigenvalue weighted by Crippen LogP contribution is -2.59. The molecule has 0 N–H and O–H groups in total. The first-order valence-electron chi connectivity index (χ1n) is 6.38. The molecule has 0 aromatic rings. The maximum Gasteiger partial charge on any atom is 0.502 e. The molecule has 1 aliphatic rings. The van der Waals surface area contributed by atoms with E-state index in [1.807, 2.05) is 0 Å². The predicted octanol–water partition coefficient (Wildman–Crippen LogP) is 2.57. The van der Waals surface area contributed by atoms with Crippen LogP contribution >= 0.6 is 0 Å². The molecule has 0 aromatic carbocycles. The van der Waals surface area contributed by atoms with Crippen molar-refractivity contribution in [3.05, 3.63) is 0 Å². The lowest BCUT2D eigenvalue weighted by Gasteiger charge is -2.43. The Morgan fingerprint density at radius 3 is 2.12 bits per heavy atom. The van der Waals surface area contributed by atoms with Gasteiger partial charge >= 0.3 is 8.80 Å². The van der Waals surface area contributed by atoms with E-state index in [2.05, 4.69) is 13.5 Å². The van der Waals surface area contributed by atoms with E-state index in [0.29, 0.717) is 5.16 Å². The van der Waals surface area contributed by atoms with Crippen molar-refractivity contribution in [3.8, 4) is 0 Å². The Morgan fingerprint density at radius 1 is 1.18 bits per heavy atom. The van der Waals surface area contributed by atoms with Crippen LogP contribution in [0.15, 0.2) is 0 Å². The van der Waals surface area contributed by atoms with Crippen LogP contribution in [0, 0.1) is 0 Å². The highest BCUT2D eigenvalue weighted by molar-refractivity contribution is 6.88. The van der Waals surface area contributed by atoms with E-state index in [0.717, 1.165) is 13.0 Å². The summed E-state index contributed by atoms with van der Waals surface area (Å²) in [6, 6.07) is 1.19. The monoisotopic (exact) mass is 278 g/mol. The van der Waals surface area contributed by atoms with Crippen molar-refractivity contribution in [1.82, 2.24) is 0 Å². The first-order chi connectivity index (χ1) is 8.08. The molecule has 1 aliphatic heterocycles. The highest BCUT2D eigenvalue weighted by Crippen LogP contribution is 2.41. The van der Waals surface area contributed by atoms with Crippen molar-refractivity contribution in [1.29, 1.82) is 0 Å². The zero-order chi connectivity index (χ0) is 12.9. The second kappa shape index (κ2) is 6.44. The third kappa shape index (κ3) is 2.99. The van der Waals surface area contributed by atoms with E-state index in [4.69, 9.17) is 17.7 Å². The van der Waals surface area contributed by atoms with Crippen molar-refractivity contribution in [2.75, 3.05) is 27.9 Å². The highest BCUT2D eigenvalue weighted by Gasteiger charge is 2.57. The molecule has 102 valence electrons. The zero-order valence-electron chi connectivity index (χ0n) is 11.7. The van der Waals surface area contributed by atoms with E-state index in [1.165, 1.54) is 18.9 Å². The fraction of sp³-hybridized carbons (Fsp3) is 1.00. The van der Waals surface area contributed by atoms with Gasteiger partial charge in [0.1, 0.15) is 0 Å². The van der Waals surface area contributed by atoms with E-state index < -0.39 is 17.1 Å². The van der Waals surface area contributed by atoms with Gasteiger partial charge in [-0.15, -0.1) is 0 Å². The van der Waals surface area contributed by atoms with Gasteiger partial charge in [-0.3, -0.25) is 0 Å². The molecule has 2 atom stereocenters. The molecule has 2 unspecified atom stereocenters. The minimum atomic E-state index is -2.57. The standard InChI is InChI=1S/C11H26O4Si2/c1-6-11(17(12-2,13-3)14-4)16(5)10-8-7-9-15-16/h11H,6-10H2,1-5H3. The smallest absolute Gasteiger partial charge is 0.417 e. The van der Waals surface area contributed by atoms with Crippen LogP contribution in [-0.2, 0) is 17.7 Å². The van der Waals surface area contributed by atoms with Crippen LogP contribution in [0.1, 0.15) is 26.2 Å². The molecule has 0 radical (unpaired) electrons. The molecule has 1 fully saturated rings. The SMILES string of the molecule is CCC([Si]1(C)CCCCO1)[Si](OC)(OC)OC.